The van der Waals surface area contributed by atoms with Crippen LogP contribution in [-0.2, 0) is 0 Å². The summed E-state index contributed by atoms with van der Waals surface area (Å²) in [7, 11) is 2.06. The standard InChI is InChI=1S/C12H26N2/c1-3-12(10-13-2)11-14-8-6-4-5-7-9-14/h12-13H,3-11H2,1-2H3. The smallest absolute Gasteiger partial charge is 0.00217 e. The summed E-state index contributed by atoms with van der Waals surface area (Å²) in [5.41, 5.74) is 0. The van der Waals surface area contributed by atoms with Crippen molar-refractivity contribution in [3.05, 3.63) is 0 Å². The van der Waals surface area contributed by atoms with Crippen molar-refractivity contribution in [2.45, 2.75) is 39.0 Å². The van der Waals surface area contributed by atoms with E-state index < -0.39 is 0 Å². The molecule has 1 saturated heterocycles. The van der Waals surface area contributed by atoms with E-state index in [1.54, 1.807) is 0 Å². The summed E-state index contributed by atoms with van der Waals surface area (Å²) < 4.78 is 0. The zero-order chi connectivity index (χ0) is 10.2. The van der Waals surface area contributed by atoms with E-state index in [0.717, 1.165) is 5.92 Å². The molecule has 1 rings (SSSR count). The molecule has 1 unspecified atom stereocenters. The summed E-state index contributed by atoms with van der Waals surface area (Å²) in [6.07, 6.45) is 7.02. The molecule has 0 amide bonds. The van der Waals surface area contributed by atoms with Crippen molar-refractivity contribution >= 4 is 0 Å². The maximum absolute atomic E-state index is 3.30. The lowest BCUT2D eigenvalue weighted by atomic mass is 10.1. The van der Waals surface area contributed by atoms with Gasteiger partial charge in [-0.1, -0.05) is 26.2 Å². The third-order valence-corrected chi connectivity index (χ3v) is 3.29. The van der Waals surface area contributed by atoms with Gasteiger partial charge in [0.15, 0.2) is 0 Å². The van der Waals surface area contributed by atoms with Gasteiger partial charge in [-0.15, -0.1) is 0 Å². The van der Waals surface area contributed by atoms with Gasteiger partial charge >= 0.3 is 0 Å². The van der Waals surface area contributed by atoms with E-state index in [0.29, 0.717) is 0 Å². The predicted molar refractivity (Wildman–Crippen MR) is 62.6 cm³/mol. The summed E-state index contributed by atoms with van der Waals surface area (Å²) in [5.74, 6) is 0.845. The Morgan fingerprint density at radius 2 is 1.79 bits per heavy atom. The Kier molecular flexibility index (Phi) is 6.20. The summed E-state index contributed by atoms with van der Waals surface area (Å²) in [6, 6.07) is 0. The first-order chi connectivity index (χ1) is 6.86. The van der Waals surface area contributed by atoms with Gasteiger partial charge in [0.1, 0.15) is 0 Å². The Morgan fingerprint density at radius 3 is 2.29 bits per heavy atom. The van der Waals surface area contributed by atoms with Crippen LogP contribution in [0.25, 0.3) is 0 Å². The summed E-state index contributed by atoms with van der Waals surface area (Å²) >= 11 is 0. The Hall–Kier alpha value is -0.0800. The van der Waals surface area contributed by atoms with Crippen LogP contribution in [0, 0.1) is 5.92 Å². The molecule has 14 heavy (non-hydrogen) atoms. The molecular formula is C12H26N2. The van der Waals surface area contributed by atoms with E-state index in [9.17, 15) is 0 Å². The lowest BCUT2D eigenvalue weighted by Gasteiger charge is -2.25. The van der Waals surface area contributed by atoms with Crippen molar-refractivity contribution in [1.29, 1.82) is 0 Å². The van der Waals surface area contributed by atoms with E-state index in [4.69, 9.17) is 0 Å². The van der Waals surface area contributed by atoms with E-state index in [1.807, 2.05) is 0 Å². The average Bonchev–Trinajstić information content (AvgIpc) is 2.45. The van der Waals surface area contributed by atoms with Crippen LogP contribution >= 0.6 is 0 Å². The van der Waals surface area contributed by atoms with Gasteiger partial charge in [-0.05, 0) is 45.4 Å². The van der Waals surface area contributed by atoms with Crippen LogP contribution in [0.3, 0.4) is 0 Å². The Morgan fingerprint density at radius 1 is 1.14 bits per heavy atom. The number of hydrogen-bond donors (Lipinski definition) is 1. The third-order valence-electron chi connectivity index (χ3n) is 3.29. The van der Waals surface area contributed by atoms with Crippen molar-refractivity contribution in [1.82, 2.24) is 10.2 Å². The molecular weight excluding hydrogens is 172 g/mol. The Bertz CT molecular complexity index is 128. The molecule has 2 nitrogen and oxygen atoms in total. The quantitative estimate of drug-likeness (QED) is 0.728. The molecule has 84 valence electrons. The van der Waals surface area contributed by atoms with E-state index in [-0.39, 0.29) is 0 Å². The molecule has 1 aliphatic rings. The zero-order valence-corrected chi connectivity index (χ0v) is 9.89. The van der Waals surface area contributed by atoms with Gasteiger partial charge in [0.05, 0.1) is 0 Å². The SMILES string of the molecule is CCC(CNC)CN1CCCCCC1. The lowest BCUT2D eigenvalue weighted by Crippen LogP contribution is -2.34. The second kappa shape index (κ2) is 7.24. The lowest BCUT2D eigenvalue weighted by molar-refractivity contribution is 0.233. The van der Waals surface area contributed by atoms with Crippen molar-refractivity contribution in [3.8, 4) is 0 Å². The zero-order valence-electron chi connectivity index (χ0n) is 9.89. The molecule has 0 aliphatic carbocycles. The molecule has 0 aromatic carbocycles. The second-order valence-corrected chi connectivity index (χ2v) is 4.55. The topological polar surface area (TPSA) is 15.3 Å². The minimum absolute atomic E-state index is 0.845. The molecule has 1 heterocycles. The molecule has 1 atom stereocenters. The summed E-state index contributed by atoms with van der Waals surface area (Å²) in [6.45, 7) is 7.45. The number of nitrogens with one attached hydrogen (secondary N) is 1. The molecule has 0 spiro atoms. The van der Waals surface area contributed by atoms with Gasteiger partial charge in [-0.25, -0.2) is 0 Å². The first-order valence-corrected chi connectivity index (χ1v) is 6.23. The maximum atomic E-state index is 3.30. The maximum Gasteiger partial charge on any atom is 0.00217 e. The van der Waals surface area contributed by atoms with Crippen molar-refractivity contribution in [2.75, 3.05) is 33.2 Å². The Labute approximate surface area is 89.1 Å². The first kappa shape index (κ1) is 12.0. The second-order valence-electron chi connectivity index (χ2n) is 4.55. The van der Waals surface area contributed by atoms with Crippen LogP contribution in [0.5, 0.6) is 0 Å². The molecule has 1 aliphatic heterocycles. The van der Waals surface area contributed by atoms with Crippen LogP contribution in [0.1, 0.15) is 39.0 Å². The fourth-order valence-electron chi connectivity index (χ4n) is 2.31. The highest BCUT2D eigenvalue weighted by molar-refractivity contribution is 4.69. The van der Waals surface area contributed by atoms with Crippen LogP contribution in [-0.4, -0.2) is 38.1 Å². The number of likely N-dealkylation sites (tertiary alicyclic amines) is 1. The van der Waals surface area contributed by atoms with Gasteiger partial charge in [0.25, 0.3) is 0 Å². The van der Waals surface area contributed by atoms with Crippen molar-refractivity contribution in [2.24, 2.45) is 5.92 Å². The summed E-state index contributed by atoms with van der Waals surface area (Å²) in [5, 5.41) is 3.30. The van der Waals surface area contributed by atoms with Crippen molar-refractivity contribution < 1.29 is 0 Å². The van der Waals surface area contributed by atoms with Crippen LogP contribution in [0.2, 0.25) is 0 Å². The van der Waals surface area contributed by atoms with E-state index in [1.165, 1.54) is 58.3 Å². The van der Waals surface area contributed by atoms with Gasteiger partial charge < -0.3 is 10.2 Å². The first-order valence-electron chi connectivity index (χ1n) is 6.23. The number of rotatable bonds is 5. The molecule has 0 aromatic rings. The van der Waals surface area contributed by atoms with E-state index in [2.05, 4.69) is 24.2 Å². The highest BCUT2D eigenvalue weighted by Crippen LogP contribution is 2.12. The van der Waals surface area contributed by atoms with Gasteiger partial charge in [0.2, 0.25) is 0 Å². The summed E-state index contributed by atoms with van der Waals surface area (Å²) in [4.78, 5) is 2.67. The van der Waals surface area contributed by atoms with Crippen molar-refractivity contribution in [3.63, 3.8) is 0 Å². The monoisotopic (exact) mass is 198 g/mol. The number of hydrogen-bond acceptors (Lipinski definition) is 2. The molecule has 2 heteroatoms. The van der Waals surface area contributed by atoms with Gasteiger partial charge in [-0.2, -0.15) is 0 Å². The van der Waals surface area contributed by atoms with Gasteiger partial charge in [-0.3, -0.25) is 0 Å². The fraction of sp³-hybridized carbons (Fsp3) is 1.00. The normalized spacial score (nSPS) is 21.9. The predicted octanol–water partition coefficient (Wildman–Crippen LogP) is 2.11. The third kappa shape index (κ3) is 4.43. The molecule has 0 radical (unpaired) electrons. The largest absolute Gasteiger partial charge is 0.319 e. The molecule has 0 bridgehead atoms. The molecule has 1 N–H and O–H groups in total. The van der Waals surface area contributed by atoms with Crippen LogP contribution in [0.4, 0.5) is 0 Å². The molecule has 1 fully saturated rings. The molecule has 0 aromatic heterocycles. The van der Waals surface area contributed by atoms with Crippen LogP contribution in [0.15, 0.2) is 0 Å². The molecule has 0 saturated carbocycles. The minimum atomic E-state index is 0.845. The fourth-order valence-corrected chi connectivity index (χ4v) is 2.31. The van der Waals surface area contributed by atoms with Gasteiger partial charge in [0, 0.05) is 6.54 Å². The van der Waals surface area contributed by atoms with E-state index >= 15 is 0 Å². The van der Waals surface area contributed by atoms with Crippen LogP contribution < -0.4 is 5.32 Å². The highest BCUT2D eigenvalue weighted by Gasteiger charge is 2.13. The number of nitrogens with zero attached hydrogens (tertiary/aromatic N) is 1. The highest BCUT2D eigenvalue weighted by atomic mass is 15.1. The Balaban J connectivity index is 2.24. The minimum Gasteiger partial charge on any atom is -0.319 e. The average molecular weight is 198 g/mol.